The highest BCUT2D eigenvalue weighted by molar-refractivity contribution is 6.30. The number of likely N-dealkylation sites (N-methyl/N-ethyl adjacent to an activating group) is 1. The molecule has 1 aromatic rings. The van der Waals surface area contributed by atoms with E-state index in [1.165, 1.54) is 0 Å². The van der Waals surface area contributed by atoms with Gasteiger partial charge in [-0.2, -0.15) is 0 Å². The SMILES string of the molecule is CN(C)CCN(Cc1ccc(Cl)cc1)C(=O)CN1CCCCCCC1=O. The van der Waals surface area contributed by atoms with E-state index in [1.807, 2.05) is 43.3 Å². The molecule has 0 atom stereocenters. The van der Waals surface area contributed by atoms with Crippen LogP contribution in [0.5, 0.6) is 0 Å². The molecule has 0 aliphatic carbocycles. The Labute approximate surface area is 161 Å². The molecule has 0 aromatic heterocycles. The van der Waals surface area contributed by atoms with Crippen LogP contribution in [0.15, 0.2) is 24.3 Å². The number of benzene rings is 1. The van der Waals surface area contributed by atoms with E-state index in [-0.39, 0.29) is 18.4 Å². The lowest BCUT2D eigenvalue weighted by Crippen LogP contribution is -2.45. The van der Waals surface area contributed by atoms with Crippen molar-refractivity contribution in [1.82, 2.24) is 14.7 Å². The molecule has 1 aliphatic heterocycles. The summed E-state index contributed by atoms with van der Waals surface area (Å²) in [5, 5.41) is 0.686. The quantitative estimate of drug-likeness (QED) is 0.731. The van der Waals surface area contributed by atoms with Crippen LogP contribution in [-0.4, -0.2) is 66.8 Å². The highest BCUT2D eigenvalue weighted by Crippen LogP contribution is 2.14. The largest absolute Gasteiger partial charge is 0.336 e. The smallest absolute Gasteiger partial charge is 0.242 e. The van der Waals surface area contributed by atoms with E-state index in [1.54, 1.807) is 4.90 Å². The van der Waals surface area contributed by atoms with Crippen LogP contribution in [0, 0.1) is 0 Å². The van der Waals surface area contributed by atoms with Crippen LogP contribution in [0.4, 0.5) is 0 Å². The number of amides is 2. The Balaban J connectivity index is 2.03. The number of hydrogen-bond acceptors (Lipinski definition) is 3. The molecular weight excluding hydrogens is 350 g/mol. The number of carbonyl (C=O) groups excluding carboxylic acids is 2. The van der Waals surface area contributed by atoms with Crippen molar-refractivity contribution in [3.63, 3.8) is 0 Å². The van der Waals surface area contributed by atoms with Gasteiger partial charge in [0.25, 0.3) is 0 Å². The van der Waals surface area contributed by atoms with Gasteiger partial charge in [0.2, 0.25) is 11.8 Å². The summed E-state index contributed by atoms with van der Waals surface area (Å²) >= 11 is 5.96. The first kappa shape index (κ1) is 20.7. The maximum atomic E-state index is 12.9. The third kappa shape index (κ3) is 6.96. The monoisotopic (exact) mass is 379 g/mol. The van der Waals surface area contributed by atoms with E-state index < -0.39 is 0 Å². The van der Waals surface area contributed by atoms with Crippen molar-refractivity contribution in [2.45, 2.75) is 38.6 Å². The molecule has 1 heterocycles. The lowest BCUT2D eigenvalue weighted by atomic mass is 10.1. The molecule has 144 valence electrons. The van der Waals surface area contributed by atoms with Gasteiger partial charge in [-0.15, -0.1) is 0 Å². The van der Waals surface area contributed by atoms with Crippen molar-refractivity contribution >= 4 is 23.4 Å². The van der Waals surface area contributed by atoms with Gasteiger partial charge in [0.1, 0.15) is 0 Å². The number of likely N-dealkylation sites (tertiary alicyclic amines) is 1. The van der Waals surface area contributed by atoms with Gasteiger partial charge in [0.15, 0.2) is 0 Å². The van der Waals surface area contributed by atoms with Gasteiger partial charge >= 0.3 is 0 Å². The summed E-state index contributed by atoms with van der Waals surface area (Å²) in [6.45, 7) is 2.82. The van der Waals surface area contributed by atoms with Crippen LogP contribution < -0.4 is 0 Å². The first-order chi connectivity index (χ1) is 12.5. The molecule has 1 saturated heterocycles. The van der Waals surface area contributed by atoms with E-state index in [2.05, 4.69) is 4.90 Å². The van der Waals surface area contributed by atoms with Crippen LogP contribution in [0.2, 0.25) is 5.02 Å². The predicted molar refractivity (Wildman–Crippen MR) is 105 cm³/mol. The van der Waals surface area contributed by atoms with E-state index in [0.29, 0.717) is 31.1 Å². The lowest BCUT2D eigenvalue weighted by molar-refractivity contribution is -0.141. The second kappa shape index (κ2) is 10.5. The zero-order valence-electron chi connectivity index (χ0n) is 15.9. The van der Waals surface area contributed by atoms with Gasteiger partial charge in [0.05, 0.1) is 6.54 Å². The van der Waals surface area contributed by atoms with Crippen LogP contribution in [0.25, 0.3) is 0 Å². The Kier molecular flexibility index (Phi) is 8.39. The fourth-order valence-electron chi connectivity index (χ4n) is 3.07. The number of hydrogen-bond donors (Lipinski definition) is 0. The Morgan fingerprint density at radius 2 is 1.77 bits per heavy atom. The van der Waals surface area contributed by atoms with Crippen molar-refractivity contribution in [1.29, 1.82) is 0 Å². The topological polar surface area (TPSA) is 43.9 Å². The maximum Gasteiger partial charge on any atom is 0.242 e. The molecule has 1 fully saturated rings. The van der Waals surface area contributed by atoms with Crippen molar-refractivity contribution in [2.24, 2.45) is 0 Å². The van der Waals surface area contributed by atoms with Crippen molar-refractivity contribution in [3.05, 3.63) is 34.9 Å². The molecule has 0 bridgehead atoms. The van der Waals surface area contributed by atoms with Gasteiger partial charge in [-0.25, -0.2) is 0 Å². The molecule has 5 nitrogen and oxygen atoms in total. The summed E-state index contributed by atoms with van der Waals surface area (Å²) in [5.74, 6) is 0.118. The van der Waals surface area contributed by atoms with Crippen molar-refractivity contribution < 1.29 is 9.59 Å². The van der Waals surface area contributed by atoms with Crippen LogP contribution in [-0.2, 0) is 16.1 Å². The van der Waals surface area contributed by atoms with Gasteiger partial charge in [-0.05, 0) is 44.6 Å². The summed E-state index contributed by atoms with van der Waals surface area (Å²) in [6, 6.07) is 7.57. The molecule has 0 saturated carbocycles. The molecule has 6 heteroatoms. The Morgan fingerprint density at radius 3 is 2.46 bits per heavy atom. The lowest BCUT2D eigenvalue weighted by Gasteiger charge is -2.29. The molecule has 1 aromatic carbocycles. The van der Waals surface area contributed by atoms with Gasteiger partial charge in [-0.3, -0.25) is 9.59 Å². The zero-order valence-corrected chi connectivity index (χ0v) is 16.7. The number of nitrogens with zero attached hydrogens (tertiary/aromatic N) is 3. The summed E-state index contributed by atoms with van der Waals surface area (Å²) < 4.78 is 0. The maximum absolute atomic E-state index is 12.9. The number of halogens is 1. The first-order valence-corrected chi connectivity index (χ1v) is 9.78. The van der Waals surface area contributed by atoms with E-state index in [9.17, 15) is 9.59 Å². The minimum Gasteiger partial charge on any atom is -0.336 e. The summed E-state index contributed by atoms with van der Waals surface area (Å²) in [6.07, 6.45) is 4.71. The van der Waals surface area contributed by atoms with Crippen molar-refractivity contribution in [3.8, 4) is 0 Å². The molecule has 2 amide bonds. The predicted octanol–water partition coefficient (Wildman–Crippen LogP) is 3.02. The van der Waals surface area contributed by atoms with Gasteiger partial charge in [0, 0.05) is 37.6 Å². The molecule has 0 unspecified atom stereocenters. The molecular formula is C20H30ClN3O2. The van der Waals surface area contributed by atoms with Gasteiger partial charge in [-0.1, -0.05) is 36.6 Å². The number of carbonyl (C=O) groups is 2. The average Bonchev–Trinajstić information content (AvgIpc) is 2.59. The highest BCUT2D eigenvalue weighted by atomic mass is 35.5. The first-order valence-electron chi connectivity index (χ1n) is 9.40. The average molecular weight is 380 g/mol. The minimum atomic E-state index is 0.00993. The molecule has 0 N–H and O–H groups in total. The standard InChI is InChI=1S/C20H30ClN3O2/c1-22(2)13-14-24(15-17-8-10-18(21)11-9-17)20(26)16-23-12-6-4-3-5-7-19(23)25/h8-11H,3-7,12-16H2,1-2H3. The Morgan fingerprint density at radius 1 is 1.08 bits per heavy atom. The van der Waals surface area contributed by atoms with Crippen LogP contribution >= 0.6 is 11.6 Å². The molecule has 26 heavy (non-hydrogen) atoms. The molecule has 1 aliphatic rings. The molecule has 2 rings (SSSR count). The van der Waals surface area contributed by atoms with Crippen LogP contribution in [0.1, 0.15) is 37.7 Å². The fourth-order valence-corrected chi connectivity index (χ4v) is 3.19. The van der Waals surface area contributed by atoms with E-state index in [4.69, 9.17) is 11.6 Å². The zero-order chi connectivity index (χ0) is 18.9. The van der Waals surface area contributed by atoms with E-state index >= 15 is 0 Å². The van der Waals surface area contributed by atoms with E-state index in [0.717, 1.165) is 37.8 Å². The normalized spacial score (nSPS) is 15.7. The Bertz CT molecular complexity index is 589. The summed E-state index contributed by atoms with van der Waals surface area (Å²) in [7, 11) is 3.99. The Hall–Kier alpha value is -1.59. The van der Waals surface area contributed by atoms with Crippen LogP contribution in [0.3, 0.4) is 0 Å². The third-order valence-corrected chi connectivity index (χ3v) is 4.96. The van der Waals surface area contributed by atoms with Crippen molar-refractivity contribution in [2.75, 3.05) is 40.3 Å². The fraction of sp³-hybridized carbons (Fsp3) is 0.600. The van der Waals surface area contributed by atoms with Gasteiger partial charge < -0.3 is 14.7 Å². The molecule has 0 spiro atoms. The highest BCUT2D eigenvalue weighted by Gasteiger charge is 2.22. The minimum absolute atomic E-state index is 0.00993. The second-order valence-electron chi connectivity index (χ2n) is 7.22. The molecule has 0 radical (unpaired) electrons. The number of rotatable bonds is 7. The third-order valence-electron chi connectivity index (χ3n) is 4.70. The summed E-state index contributed by atoms with van der Waals surface area (Å²) in [4.78, 5) is 30.9. The second-order valence-corrected chi connectivity index (χ2v) is 7.66. The summed E-state index contributed by atoms with van der Waals surface area (Å²) in [5.41, 5.74) is 1.04.